The van der Waals surface area contributed by atoms with Gasteiger partial charge in [0.15, 0.2) is 0 Å². The van der Waals surface area contributed by atoms with Gasteiger partial charge in [0.1, 0.15) is 12.4 Å². The number of hydrogen-bond acceptors (Lipinski definition) is 4. The Morgan fingerprint density at radius 2 is 1.92 bits per heavy atom. The molecule has 1 unspecified atom stereocenters. The number of carbonyl (C=O) groups is 1. The van der Waals surface area contributed by atoms with Crippen LogP contribution in [0.4, 0.5) is 0 Å². The van der Waals surface area contributed by atoms with Gasteiger partial charge >= 0.3 is 0 Å². The van der Waals surface area contributed by atoms with Crippen LogP contribution in [0.1, 0.15) is 6.42 Å². The Morgan fingerprint density at radius 1 is 1.15 bits per heavy atom. The summed E-state index contributed by atoms with van der Waals surface area (Å²) in [5.41, 5.74) is 2.17. The molecule has 2 aromatic carbocycles. The molecular formula is C20H25ClN2O3. The molecule has 0 aromatic heterocycles. The average Bonchev–Trinajstić information content (AvgIpc) is 2.67. The molecule has 2 aromatic rings. The van der Waals surface area contributed by atoms with E-state index in [0.717, 1.165) is 23.4 Å². The van der Waals surface area contributed by atoms with Gasteiger partial charge in [-0.2, -0.15) is 0 Å². The summed E-state index contributed by atoms with van der Waals surface area (Å²) >= 11 is 0. The predicted octanol–water partition coefficient (Wildman–Crippen LogP) is 2.65. The summed E-state index contributed by atoms with van der Waals surface area (Å²) < 4.78 is 11.2. The molecule has 0 spiro atoms. The second-order valence-electron chi connectivity index (χ2n) is 5.99. The highest BCUT2D eigenvalue weighted by Crippen LogP contribution is 2.29. The lowest BCUT2D eigenvalue weighted by Gasteiger charge is -2.23. The zero-order valence-electron chi connectivity index (χ0n) is 14.6. The molecule has 1 atom stereocenters. The zero-order valence-corrected chi connectivity index (χ0v) is 15.5. The number of halogens is 1. The van der Waals surface area contributed by atoms with E-state index >= 15 is 0 Å². The molecule has 1 amide bonds. The fourth-order valence-electron chi connectivity index (χ4n) is 2.85. The highest BCUT2D eigenvalue weighted by Gasteiger charge is 2.16. The van der Waals surface area contributed by atoms with Gasteiger partial charge in [0, 0.05) is 24.6 Å². The van der Waals surface area contributed by atoms with Crippen molar-refractivity contribution in [2.24, 2.45) is 0 Å². The van der Waals surface area contributed by atoms with E-state index in [1.165, 1.54) is 0 Å². The first kappa shape index (κ1) is 20.2. The Morgan fingerprint density at radius 3 is 2.69 bits per heavy atom. The maximum Gasteiger partial charge on any atom is 0.221 e. The van der Waals surface area contributed by atoms with Crippen LogP contribution in [-0.2, 0) is 9.53 Å². The van der Waals surface area contributed by atoms with Crippen molar-refractivity contribution in [3.8, 4) is 16.9 Å². The second-order valence-corrected chi connectivity index (χ2v) is 5.99. The van der Waals surface area contributed by atoms with E-state index < -0.39 is 0 Å². The summed E-state index contributed by atoms with van der Waals surface area (Å²) in [5.74, 6) is 0.841. The van der Waals surface area contributed by atoms with E-state index in [0.29, 0.717) is 32.8 Å². The Balaban J connectivity index is 0.00000243. The molecular weight excluding hydrogens is 352 g/mol. The number of nitrogens with one attached hydrogen (secondary N) is 2. The SMILES string of the molecule is Cl.O=C(CC1COCCN1)NCCOc1ccccc1-c1ccccc1. The summed E-state index contributed by atoms with van der Waals surface area (Å²) in [6, 6.07) is 18.2. The Kier molecular flexibility index (Phi) is 8.41. The molecule has 1 heterocycles. The number of ether oxygens (including phenoxy) is 2. The summed E-state index contributed by atoms with van der Waals surface area (Å²) in [6.45, 7) is 3.03. The number of carbonyl (C=O) groups excluding carboxylic acids is 1. The van der Waals surface area contributed by atoms with E-state index in [-0.39, 0.29) is 24.4 Å². The number of para-hydroxylation sites is 1. The maximum atomic E-state index is 11.9. The molecule has 6 heteroatoms. The number of rotatable bonds is 7. The van der Waals surface area contributed by atoms with Crippen molar-refractivity contribution in [2.75, 3.05) is 32.9 Å². The highest BCUT2D eigenvalue weighted by molar-refractivity contribution is 5.85. The molecule has 5 nitrogen and oxygen atoms in total. The van der Waals surface area contributed by atoms with E-state index in [9.17, 15) is 4.79 Å². The Hall–Kier alpha value is -2.08. The summed E-state index contributed by atoms with van der Waals surface area (Å²) in [6.07, 6.45) is 0.431. The van der Waals surface area contributed by atoms with E-state index in [2.05, 4.69) is 22.8 Å². The number of morpholine rings is 1. The summed E-state index contributed by atoms with van der Waals surface area (Å²) in [5, 5.41) is 6.17. The minimum Gasteiger partial charge on any atom is -0.491 e. The molecule has 0 saturated carbocycles. The van der Waals surface area contributed by atoms with E-state index in [1.807, 2.05) is 42.5 Å². The lowest BCUT2D eigenvalue weighted by atomic mass is 10.1. The van der Waals surface area contributed by atoms with Crippen molar-refractivity contribution >= 4 is 18.3 Å². The van der Waals surface area contributed by atoms with Crippen LogP contribution in [0.2, 0.25) is 0 Å². The van der Waals surface area contributed by atoms with Crippen molar-refractivity contribution in [1.82, 2.24) is 10.6 Å². The second kappa shape index (κ2) is 10.8. The molecule has 26 heavy (non-hydrogen) atoms. The molecule has 0 aliphatic carbocycles. The average molecular weight is 377 g/mol. The molecule has 1 aliphatic rings. The van der Waals surface area contributed by atoms with Gasteiger partial charge in [-0.15, -0.1) is 12.4 Å². The standard InChI is InChI=1S/C20H24N2O3.ClH/c23-20(14-17-15-24-12-10-21-17)22-11-13-25-19-9-5-4-8-18(19)16-6-2-1-3-7-16;/h1-9,17,21H,10-15H2,(H,22,23);1H. The fraction of sp³-hybridized carbons (Fsp3) is 0.350. The van der Waals surface area contributed by atoms with Gasteiger partial charge < -0.3 is 20.1 Å². The fourth-order valence-corrected chi connectivity index (χ4v) is 2.85. The molecule has 0 radical (unpaired) electrons. The van der Waals surface area contributed by atoms with Gasteiger partial charge in [0.05, 0.1) is 19.8 Å². The third-order valence-corrected chi connectivity index (χ3v) is 4.08. The third kappa shape index (κ3) is 6.02. The quantitative estimate of drug-likeness (QED) is 0.729. The van der Waals surface area contributed by atoms with Crippen LogP contribution >= 0.6 is 12.4 Å². The number of benzene rings is 2. The Bertz CT molecular complexity index is 676. The van der Waals surface area contributed by atoms with Crippen LogP contribution in [0.15, 0.2) is 54.6 Å². The lowest BCUT2D eigenvalue weighted by molar-refractivity contribution is -0.122. The topological polar surface area (TPSA) is 59.6 Å². The van der Waals surface area contributed by atoms with Crippen molar-refractivity contribution in [3.63, 3.8) is 0 Å². The van der Waals surface area contributed by atoms with E-state index in [1.54, 1.807) is 0 Å². The normalized spacial score (nSPS) is 16.4. The number of hydrogen-bond donors (Lipinski definition) is 2. The van der Waals surface area contributed by atoms with Crippen molar-refractivity contribution < 1.29 is 14.3 Å². The smallest absolute Gasteiger partial charge is 0.221 e. The van der Waals surface area contributed by atoms with Crippen molar-refractivity contribution in [2.45, 2.75) is 12.5 Å². The van der Waals surface area contributed by atoms with Crippen LogP contribution in [0.25, 0.3) is 11.1 Å². The molecule has 1 aliphatic heterocycles. The largest absolute Gasteiger partial charge is 0.491 e. The molecule has 2 N–H and O–H groups in total. The van der Waals surface area contributed by atoms with Gasteiger partial charge in [-0.25, -0.2) is 0 Å². The van der Waals surface area contributed by atoms with E-state index in [4.69, 9.17) is 9.47 Å². The van der Waals surface area contributed by atoms with Gasteiger partial charge in [0.25, 0.3) is 0 Å². The highest BCUT2D eigenvalue weighted by atomic mass is 35.5. The first-order valence-electron chi connectivity index (χ1n) is 8.68. The maximum absolute atomic E-state index is 11.9. The third-order valence-electron chi connectivity index (χ3n) is 4.08. The monoisotopic (exact) mass is 376 g/mol. The molecule has 1 saturated heterocycles. The minimum atomic E-state index is 0. The summed E-state index contributed by atoms with van der Waals surface area (Å²) in [7, 11) is 0. The first-order chi connectivity index (χ1) is 12.3. The number of amides is 1. The molecule has 0 bridgehead atoms. The van der Waals surface area contributed by atoms with Gasteiger partial charge in [-0.05, 0) is 11.6 Å². The van der Waals surface area contributed by atoms with Gasteiger partial charge in [0.2, 0.25) is 5.91 Å². The van der Waals surface area contributed by atoms with Crippen LogP contribution < -0.4 is 15.4 Å². The van der Waals surface area contributed by atoms with Gasteiger partial charge in [-0.1, -0.05) is 48.5 Å². The van der Waals surface area contributed by atoms with Crippen LogP contribution in [0, 0.1) is 0 Å². The molecule has 3 rings (SSSR count). The van der Waals surface area contributed by atoms with Crippen molar-refractivity contribution in [1.29, 1.82) is 0 Å². The Labute approximate surface area is 160 Å². The lowest BCUT2D eigenvalue weighted by Crippen LogP contribution is -2.44. The summed E-state index contributed by atoms with van der Waals surface area (Å²) in [4.78, 5) is 11.9. The minimum absolute atomic E-state index is 0. The van der Waals surface area contributed by atoms with Crippen LogP contribution in [0.3, 0.4) is 0 Å². The molecule has 1 fully saturated rings. The zero-order chi connectivity index (χ0) is 17.3. The van der Waals surface area contributed by atoms with Crippen molar-refractivity contribution in [3.05, 3.63) is 54.6 Å². The predicted molar refractivity (Wildman–Crippen MR) is 105 cm³/mol. The van der Waals surface area contributed by atoms with Gasteiger partial charge in [-0.3, -0.25) is 4.79 Å². The molecule has 140 valence electrons. The van der Waals surface area contributed by atoms with Crippen LogP contribution in [-0.4, -0.2) is 44.9 Å². The first-order valence-corrected chi connectivity index (χ1v) is 8.68. The van der Waals surface area contributed by atoms with Crippen LogP contribution in [0.5, 0.6) is 5.75 Å².